The maximum absolute atomic E-state index is 10.6. The van der Waals surface area contributed by atoms with Crippen LogP contribution in [0.25, 0.3) is 0 Å². The van der Waals surface area contributed by atoms with Crippen molar-refractivity contribution in [2.24, 2.45) is 17.8 Å². The maximum Gasteiger partial charge on any atom is 0.303 e. The van der Waals surface area contributed by atoms with Crippen LogP contribution < -0.4 is 0 Å². The SMILES string of the molecule is O=C(O)CCC/C=C\C[C@@H]1[C@H](CCCCSCC2CCCCC2)[C@@H]2CC[C@H]1O2. The number of rotatable bonds is 13. The van der Waals surface area contributed by atoms with Crippen molar-refractivity contribution < 1.29 is 14.6 Å². The molecule has 28 heavy (non-hydrogen) atoms. The fourth-order valence-corrected chi connectivity index (χ4v) is 6.77. The normalized spacial score (nSPS) is 30.4. The summed E-state index contributed by atoms with van der Waals surface area (Å²) >= 11 is 2.20. The van der Waals surface area contributed by atoms with E-state index >= 15 is 0 Å². The Morgan fingerprint density at radius 3 is 2.54 bits per heavy atom. The number of carboxylic acids is 1. The van der Waals surface area contributed by atoms with Gasteiger partial charge in [-0.3, -0.25) is 4.79 Å². The van der Waals surface area contributed by atoms with Gasteiger partial charge in [-0.05, 0) is 87.0 Å². The van der Waals surface area contributed by atoms with E-state index in [1.807, 2.05) is 0 Å². The van der Waals surface area contributed by atoms with Crippen molar-refractivity contribution in [3.8, 4) is 0 Å². The van der Waals surface area contributed by atoms with E-state index in [9.17, 15) is 4.79 Å². The largest absolute Gasteiger partial charge is 0.481 e. The Morgan fingerprint density at radius 2 is 1.75 bits per heavy atom. The lowest BCUT2D eigenvalue weighted by Crippen LogP contribution is -2.26. The minimum Gasteiger partial charge on any atom is -0.481 e. The van der Waals surface area contributed by atoms with Gasteiger partial charge in [-0.2, -0.15) is 11.8 Å². The van der Waals surface area contributed by atoms with Crippen molar-refractivity contribution in [1.29, 1.82) is 0 Å². The quantitative estimate of drug-likeness (QED) is 0.280. The van der Waals surface area contributed by atoms with Crippen LogP contribution in [-0.4, -0.2) is 34.8 Å². The number of carbonyl (C=O) groups is 1. The average Bonchev–Trinajstić information content (AvgIpc) is 3.30. The van der Waals surface area contributed by atoms with E-state index in [2.05, 4.69) is 23.9 Å². The molecule has 2 saturated heterocycles. The Kier molecular flexibility index (Phi) is 9.73. The maximum atomic E-state index is 10.6. The molecule has 160 valence electrons. The number of thioether (sulfide) groups is 1. The molecular weight excluding hydrogens is 368 g/mol. The van der Waals surface area contributed by atoms with E-state index in [1.54, 1.807) is 0 Å². The Labute approximate surface area is 176 Å². The van der Waals surface area contributed by atoms with Crippen LogP contribution in [0, 0.1) is 17.8 Å². The third kappa shape index (κ3) is 7.09. The van der Waals surface area contributed by atoms with Gasteiger partial charge in [0.1, 0.15) is 0 Å². The second kappa shape index (κ2) is 12.3. The smallest absolute Gasteiger partial charge is 0.303 e. The number of aliphatic carboxylic acids is 1. The van der Waals surface area contributed by atoms with Crippen molar-refractivity contribution in [1.82, 2.24) is 0 Å². The number of hydrogen-bond donors (Lipinski definition) is 1. The summed E-state index contributed by atoms with van der Waals surface area (Å²) in [7, 11) is 0. The molecule has 0 amide bonds. The summed E-state index contributed by atoms with van der Waals surface area (Å²) in [6, 6.07) is 0. The molecule has 3 aliphatic rings. The highest BCUT2D eigenvalue weighted by molar-refractivity contribution is 7.99. The van der Waals surface area contributed by atoms with Gasteiger partial charge in [-0.25, -0.2) is 0 Å². The summed E-state index contributed by atoms with van der Waals surface area (Å²) in [6.45, 7) is 0. The van der Waals surface area contributed by atoms with Crippen molar-refractivity contribution in [2.45, 2.75) is 102 Å². The fraction of sp³-hybridized carbons (Fsp3) is 0.875. The molecule has 4 heteroatoms. The summed E-state index contributed by atoms with van der Waals surface area (Å²) < 4.78 is 6.25. The van der Waals surface area contributed by atoms with Gasteiger partial charge in [0.15, 0.2) is 0 Å². The topological polar surface area (TPSA) is 46.5 Å². The highest BCUT2D eigenvalue weighted by Crippen LogP contribution is 2.47. The Hall–Kier alpha value is -0.480. The molecular formula is C24H40O3S. The van der Waals surface area contributed by atoms with E-state index in [0.29, 0.717) is 18.1 Å². The number of carboxylic acid groups (broad SMARTS) is 1. The molecule has 0 aromatic heterocycles. The van der Waals surface area contributed by atoms with Gasteiger partial charge in [-0.1, -0.05) is 37.8 Å². The van der Waals surface area contributed by atoms with Gasteiger partial charge in [0.25, 0.3) is 0 Å². The Morgan fingerprint density at radius 1 is 0.964 bits per heavy atom. The van der Waals surface area contributed by atoms with E-state index in [-0.39, 0.29) is 6.42 Å². The monoisotopic (exact) mass is 408 g/mol. The third-order valence-corrected chi connectivity index (χ3v) is 8.37. The van der Waals surface area contributed by atoms with Gasteiger partial charge in [-0.15, -0.1) is 0 Å². The van der Waals surface area contributed by atoms with Gasteiger partial charge in [0, 0.05) is 6.42 Å². The summed E-state index contributed by atoms with van der Waals surface area (Å²) in [5, 5.41) is 8.71. The molecule has 3 fully saturated rings. The molecule has 0 spiro atoms. The van der Waals surface area contributed by atoms with E-state index in [4.69, 9.17) is 9.84 Å². The zero-order valence-corrected chi connectivity index (χ0v) is 18.3. The molecule has 3 rings (SSSR count). The van der Waals surface area contributed by atoms with Gasteiger partial charge in [0.05, 0.1) is 12.2 Å². The molecule has 4 atom stereocenters. The molecule has 0 unspecified atom stereocenters. The van der Waals surface area contributed by atoms with Gasteiger partial charge in [0.2, 0.25) is 0 Å². The molecule has 1 saturated carbocycles. The minimum absolute atomic E-state index is 0.281. The van der Waals surface area contributed by atoms with Crippen LogP contribution in [-0.2, 0) is 9.53 Å². The first-order valence-electron chi connectivity index (χ1n) is 11.8. The Bertz CT molecular complexity index is 486. The molecule has 2 heterocycles. The van der Waals surface area contributed by atoms with E-state index < -0.39 is 5.97 Å². The van der Waals surface area contributed by atoms with Crippen molar-refractivity contribution in [2.75, 3.05) is 11.5 Å². The first-order chi connectivity index (χ1) is 13.7. The van der Waals surface area contributed by atoms with Crippen LogP contribution in [0.15, 0.2) is 12.2 Å². The molecule has 1 aliphatic carbocycles. The van der Waals surface area contributed by atoms with Gasteiger partial charge < -0.3 is 9.84 Å². The summed E-state index contributed by atoms with van der Waals surface area (Å²) in [4.78, 5) is 10.6. The highest BCUT2D eigenvalue weighted by atomic mass is 32.2. The second-order valence-electron chi connectivity index (χ2n) is 9.19. The predicted octanol–water partition coefficient (Wildman–Crippen LogP) is 6.47. The van der Waals surface area contributed by atoms with Gasteiger partial charge >= 0.3 is 5.97 Å². The van der Waals surface area contributed by atoms with Crippen molar-refractivity contribution >= 4 is 17.7 Å². The molecule has 2 aliphatic heterocycles. The number of unbranched alkanes of at least 4 members (excludes halogenated alkanes) is 2. The van der Waals surface area contributed by atoms with Crippen molar-refractivity contribution in [3.05, 3.63) is 12.2 Å². The molecule has 2 bridgehead atoms. The molecule has 0 radical (unpaired) electrons. The first-order valence-corrected chi connectivity index (χ1v) is 13.0. The molecule has 1 N–H and O–H groups in total. The first kappa shape index (κ1) is 22.2. The summed E-state index contributed by atoms with van der Waals surface area (Å²) in [5.74, 6) is 4.50. The summed E-state index contributed by atoms with van der Waals surface area (Å²) in [6.07, 6.45) is 22.4. The van der Waals surface area contributed by atoms with Crippen molar-refractivity contribution in [3.63, 3.8) is 0 Å². The molecule has 0 aromatic rings. The van der Waals surface area contributed by atoms with Crippen LogP contribution in [0.5, 0.6) is 0 Å². The lowest BCUT2D eigenvalue weighted by molar-refractivity contribution is -0.137. The van der Waals surface area contributed by atoms with E-state index in [1.165, 1.54) is 75.7 Å². The Balaban J connectivity index is 1.28. The molecule has 0 aromatic carbocycles. The number of ether oxygens (including phenoxy) is 1. The van der Waals surface area contributed by atoms with Crippen LogP contribution in [0.1, 0.15) is 89.9 Å². The predicted molar refractivity (Wildman–Crippen MR) is 118 cm³/mol. The van der Waals surface area contributed by atoms with Crippen LogP contribution in [0.2, 0.25) is 0 Å². The fourth-order valence-electron chi connectivity index (χ4n) is 5.53. The standard InChI is InChI=1S/C24H40O3S/c25-24(26)14-7-2-1-6-12-20-21(23-16-15-22(20)27-23)13-8-9-17-28-18-19-10-4-3-5-11-19/h1,6,19-23H,2-5,7-18H2,(H,25,26)/b6-1-/t20-,21+,22-,23+/m1/s1. The lowest BCUT2D eigenvalue weighted by Gasteiger charge is -2.27. The number of fused-ring (bicyclic) bond motifs is 2. The number of allylic oxidation sites excluding steroid dienone is 2. The zero-order chi connectivity index (χ0) is 19.6. The number of hydrogen-bond acceptors (Lipinski definition) is 3. The average molecular weight is 409 g/mol. The third-order valence-electron chi connectivity index (χ3n) is 7.08. The molecule has 3 nitrogen and oxygen atoms in total. The summed E-state index contributed by atoms with van der Waals surface area (Å²) in [5.41, 5.74) is 0. The second-order valence-corrected chi connectivity index (χ2v) is 10.3. The highest BCUT2D eigenvalue weighted by Gasteiger charge is 2.47. The van der Waals surface area contributed by atoms with Crippen LogP contribution in [0.3, 0.4) is 0 Å². The lowest BCUT2D eigenvalue weighted by atomic mass is 9.75. The van der Waals surface area contributed by atoms with Crippen LogP contribution in [0.4, 0.5) is 0 Å². The minimum atomic E-state index is -0.688. The van der Waals surface area contributed by atoms with E-state index in [0.717, 1.165) is 31.1 Å². The zero-order valence-electron chi connectivity index (χ0n) is 17.5. The van der Waals surface area contributed by atoms with Crippen LogP contribution >= 0.6 is 11.8 Å².